The standard InChI is InChI=1S/C13H13N3O2/c1-3-18-13(17)11-10(6-7-14)16-8-4-5-9(2)12(16)15-11/h4-5,8H,3,6H2,1-2H3. The Balaban J connectivity index is 2.65. The van der Waals surface area contributed by atoms with Crippen molar-refractivity contribution in [3.05, 3.63) is 35.3 Å². The van der Waals surface area contributed by atoms with E-state index in [2.05, 4.69) is 11.1 Å². The maximum Gasteiger partial charge on any atom is 0.358 e. The SMILES string of the molecule is CCOC(=O)c1nc2c(C)cccn2c1CC#N. The molecule has 0 saturated carbocycles. The molecule has 2 heterocycles. The Morgan fingerprint density at radius 1 is 1.61 bits per heavy atom. The monoisotopic (exact) mass is 243 g/mol. The van der Waals surface area contributed by atoms with E-state index in [1.54, 1.807) is 17.5 Å². The molecule has 0 fully saturated rings. The van der Waals surface area contributed by atoms with Crippen molar-refractivity contribution >= 4 is 11.6 Å². The summed E-state index contributed by atoms with van der Waals surface area (Å²) in [7, 11) is 0. The number of aryl methyl sites for hydroxylation is 1. The lowest BCUT2D eigenvalue weighted by atomic mass is 10.2. The minimum atomic E-state index is -0.481. The zero-order valence-electron chi connectivity index (χ0n) is 10.3. The first kappa shape index (κ1) is 12.1. The van der Waals surface area contributed by atoms with Crippen LogP contribution in [0, 0.1) is 18.3 Å². The number of pyridine rings is 1. The molecule has 0 saturated heterocycles. The van der Waals surface area contributed by atoms with Gasteiger partial charge in [0.05, 0.1) is 24.8 Å². The number of carbonyl (C=O) groups excluding carboxylic acids is 1. The Hall–Kier alpha value is -2.35. The molecule has 5 heteroatoms. The second kappa shape index (κ2) is 4.88. The molecular weight excluding hydrogens is 230 g/mol. The third-order valence-corrected chi connectivity index (χ3v) is 2.66. The van der Waals surface area contributed by atoms with E-state index in [0.29, 0.717) is 11.3 Å². The van der Waals surface area contributed by atoms with Crippen LogP contribution in [0.4, 0.5) is 0 Å². The Kier molecular flexibility index (Phi) is 3.28. The largest absolute Gasteiger partial charge is 0.461 e. The number of hydrogen-bond acceptors (Lipinski definition) is 4. The molecule has 0 aliphatic carbocycles. The highest BCUT2D eigenvalue weighted by molar-refractivity contribution is 5.90. The van der Waals surface area contributed by atoms with Gasteiger partial charge in [0.2, 0.25) is 0 Å². The van der Waals surface area contributed by atoms with E-state index >= 15 is 0 Å². The van der Waals surface area contributed by atoms with Gasteiger partial charge < -0.3 is 9.14 Å². The smallest absolute Gasteiger partial charge is 0.358 e. The molecule has 0 aliphatic heterocycles. The predicted octanol–water partition coefficient (Wildman–Crippen LogP) is 1.89. The summed E-state index contributed by atoms with van der Waals surface area (Å²) in [6.45, 7) is 3.94. The van der Waals surface area contributed by atoms with Crippen molar-refractivity contribution in [1.29, 1.82) is 5.26 Å². The summed E-state index contributed by atoms with van der Waals surface area (Å²) in [4.78, 5) is 16.1. The number of aromatic nitrogens is 2. The Bertz CT molecular complexity index is 637. The van der Waals surface area contributed by atoms with Crippen LogP contribution < -0.4 is 0 Å². The summed E-state index contributed by atoms with van der Waals surface area (Å²) in [6, 6.07) is 5.82. The summed E-state index contributed by atoms with van der Waals surface area (Å²) in [5, 5.41) is 8.86. The quantitative estimate of drug-likeness (QED) is 0.772. The second-order valence-corrected chi connectivity index (χ2v) is 3.85. The van der Waals surface area contributed by atoms with Crippen molar-refractivity contribution in [1.82, 2.24) is 9.38 Å². The summed E-state index contributed by atoms with van der Waals surface area (Å²) in [5.74, 6) is -0.481. The molecule has 0 amide bonds. The molecule has 0 aliphatic rings. The van der Waals surface area contributed by atoms with Crippen molar-refractivity contribution in [2.24, 2.45) is 0 Å². The van der Waals surface area contributed by atoms with E-state index < -0.39 is 5.97 Å². The number of fused-ring (bicyclic) bond motifs is 1. The molecule has 2 aromatic heterocycles. The van der Waals surface area contributed by atoms with Crippen molar-refractivity contribution in [3.8, 4) is 6.07 Å². The van der Waals surface area contributed by atoms with Gasteiger partial charge in [-0.25, -0.2) is 9.78 Å². The maximum atomic E-state index is 11.8. The third kappa shape index (κ3) is 1.93. The van der Waals surface area contributed by atoms with Crippen LogP contribution >= 0.6 is 0 Å². The van der Waals surface area contributed by atoms with Gasteiger partial charge in [0.25, 0.3) is 0 Å². The van der Waals surface area contributed by atoms with Gasteiger partial charge in [-0.1, -0.05) is 6.07 Å². The van der Waals surface area contributed by atoms with E-state index in [9.17, 15) is 4.79 Å². The minimum absolute atomic E-state index is 0.124. The predicted molar refractivity (Wildman–Crippen MR) is 65.2 cm³/mol. The minimum Gasteiger partial charge on any atom is -0.461 e. The first-order valence-electron chi connectivity index (χ1n) is 5.69. The van der Waals surface area contributed by atoms with E-state index in [-0.39, 0.29) is 18.7 Å². The number of esters is 1. The average Bonchev–Trinajstić information content (AvgIpc) is 2.71. The number of ether oxygens (including phenoxy) is 1. The van der Waals surface area contributed by atoms with Crippen LogP contribution in [0.5, 0.6) is 0 Å². The molecule has 0 N–H and O–H groups in total. The van der Waals surface area contributed by atoms with Crippen LogP contribution in [0.1, 0.15) is 28.7 Å². The van der Waals surface area contributed by atoms with Crippen LogP contribution in [-0.4, -0.2) is 22.0 Å². The van der Waals surface area contributed by atoms with Crippen molar-refractivity contribution < 1.29 is 9.53 Å². The summed E-state index contributed by atoms with van der Waals surface area (Å²) in [5.41, 5.74) is 2.44. The Morgan fingerprint density at radius 3 is 3.06 bits per heavy atom. The number of nitrogens with zero attached hydrogens (tertiary/aromatic N) is 3. The van der Waals surface area contributed by atoms with Gasteiger partial charge in [-0.2, -0.15) is 5.26 Å². The third-order valence-electron chi connectivity index (χ3n) is 2.66. The van der Waals surface area contributed by atoms with Crippen LogP contribution in [0.3, 0.4) is 0 Å². The molecule has 18 heavy (non-hydrogen) atoms. The van der Waals surface area contributed by atoms with Crippen LogP contribution in [0.2, 0.25) is 0 Å². The molecule has 5 nitrogen and oxygen atoms in total. The molecule has 0 bridgehead atoms. The molecule has 0 spiro atoms. The lowest BCUT2D eigenvalue weighted by Crippen LogP contribution is -2.08. The molecule has 2 rings (SSSR count). The molecular formula is C13H13N3O2. The second-order valence-electron chi connectivity index (χ2n) is 3.85. The van der Waals surface area contributed by atoms with Gasteiger partial charge >= 0.3 is 5.97 Å². The fourth-order valence-corrected chi connectivity index (χ4v) is 1.86. The first-order chi connectivity index (χ1) is 8.69. The molecule has 0 aromatic carbocycles. The molecule has 2 aromatic rings. The van der Waals surface area contributed by atoms with E-state index in [0.717, 1.165) is 5.56 Å². The van der Waals surface area contributed by atoms with Crippen molar-refractivity contribution in [2.45, 2.75) is 20.3 Å². The van der Waals surface area contributed by atoms with Gasteiger partial charge in [0.15, 0.2) is 5.69 Å². The molecule has 0 radical (unpaired) electrons. The fraction of sp³-hybridized carbons (Fsp3) is 0.308. The Morgan fingerprint density at radius 2 is 2.39 bits per heavy atom. The Labute approximate surface area is 105 Å². The average molecular weight is 243 g/mol. The van der Waals surface area contributed by atoms with Crippen LogP contribution in [0.25, 0.3) is 5.65 Å². The number of nitriles is 1. The van der Waals surface area contributed by atoms with Crippen LogP contribution in [0.15, 0.2) is 18.3 Å². The number of rotatable bonds is 3. The molecule has 0 unspecified atom stereocenters. The van der Waals surface area contributed by atoms with Crippen molar-refractivity contribution in [2.75, 3.05) is 6.61 Å². The number of imidazole rings is 1. The zero-order chi connectivity index (χ0) is 13.1. The zero-order valence-corrected chi connectivity index (χ0v) is 10.3. The lowest BCUT2D eigenvalue weighted by Gasteiger charge is -2.01. The first-order valence-corrected chi connectivity index (χ1v) is 5.69. The van der Waals surface area contributed by atoms with Gasteiger partial charge in [0.1, 0.15) is 5.65 Å². The van der Waals surface area contributed by atoms with Gasteiger partial charge in [0, 0.05) is 6.20 Å². The van der Waals surface area contributed by atoms with Crippen molar-refractivity contribution in [3.63, 3.8) is 0 Å². The van der Waals surface area contributed by atoms with Crippen LogP contribution in [-0.2, 0) is 11.2 Å². The summed E-state index contributed by atoms with van der Waals surface area (Å²) >= 11 is 0. The number of hydrogen-bond donors (Lipinski definition) is 0. The van der Waals surface area contributed by atoms with Gasteiger partial charge in [-0.15, -0.1) is 0 Å². The lowest BCUT2D eigenvalue weighted by molar-refractivity contribution is 0.0519. The summed E-state index contributed by atoms with van der Waals surface area (Å²) < 4.78 is 6.73. The van der Waals surface area contributed by atoms with Gasteiger partial charge in [-0.3, -0.25) is 0 Å². The normalized spacial score (nSPS) is 10.3. The number of carbonyl (C=O) groups is 1. The topological polar surface area (TPSA) is 67.4 Å². The van der Waals surface area contributed by atoms with E-state index in [4.69, 9.17) is 10.00 Å². The highest BCUT2D eigenvalue weighted by Crippen LogP contribution is 2.17. The maximum absolute atomic E-state index is 11.8. The highest BCUT2D eigenvalue weighted by atomic mass is 16.5. The summed E-state index contributed by atoms with van der Waals surface area (Å²) in [6.07, 6.45) is 1.92. The highest BCUT2D eigenvalue weighted by Gasteiger charge is 2.20. The van der Waals surface area contributed by atoms with E-state index in [1.165, 1.54) is 0 Å². The fourth-order valence-electron chi connectivity index (χ4n) is 1.86. The molecule has 92 valence electrons. The molecule has 0 atom stereocenters. The van der Waals surface area contributed by atoms with E-state index in [1.807, 2.05) is 19.1 Å². The van der Waals surface area contributed by atoms with Gasteiger partial charge in [-0.05, 0) is 25.5 Å².